The monoisotopic (exact) mass is 184 g/mol. The van der Waals surface area contributed by atoms with Gasteiger partial charge >= 0.3 is 6.03 Å². The number of carbonyl (C=O) groups is 1. The molecule has 0 atom stereocenters. The molecule has 0 aliphatic heterocycles. The number of H-pyrrole nitrogens is 2. The predicted molar refractivity (Wildman–Crippen MR) is 47.6 cm³/mol. The van der Waals surface area contributed by atoms with Crippen molar-refractivity contribution >= 4 is 6.03 Å². The molecule has 0 spiro atoms. The van der Waals surface area contributed by atoms with Gasteiger partial charge in [0.1, 0.15) is 0 Å². The smallest absolute Gasteiger partial charge is 0.314 e. The quantitative estimate of drug-likeness (QED) is 0.494. The molecule has 1 aromatic heterocycles. The van der Waals surface area contributed by atoms with E-state index in [0.29, 0.717) is 13.0 Å². The van der Waals surface area contributed by atoms with Crippen molar-refractivity contribution < 1.29 is 4.79 Å². The molecule has 0 aliphatic rings. The fourth-order valence-electron chi connectivity index (χ4n) is 0.906. The molecule has 1 aromatic rings. The molecule has 0 aliphatic carbocycles. The van der Waals surface area contributed by atoms with Gasteiger partial charge in [-0.15, -0.1) is 0 Å². The highest BCUT2D eigenvalue weighted by Crippen LogP contribution is 1.86. The molecule has 4 N–H and O–H groups in total. The van der Waals surface area contributed by atoms with Crippen LogP contribution in [0.1, 0.15) is 5.69 Å². The van der Waals surface area contributed by atoms with Crippen LogP contribution in [0.15, 0.2) is 10.9 Å². The number of aromatic amines is 2. The first-order valence-electron chi connectivity index (χ1n) is 3.94. The lowest BCUT2D eigenvalue weighted by molar-refractivity contribution is 0.243. The third kappa shape index (κ3) is 3.02. The van der Waals surface area contributed by atoms with Crippen molar-refractivity contribution in [2.24, 2.45) is 0 Å². The number of aromatic nitrogens is 2. The van der Waals surface area contributed by atoms with Crippen molar-refractivity contribution in [1.82, 2.24) is 20.8 Å². The van der Waals surface area contributed by atoms with Crippen LogP contribution in [0.2, 0.25) is 0 Å². The van der Waals surface area contributed by atoms with Gasteiger partial charge in [0.15, 0.2) is 0 Å². The highest BCUT2D eigenvalue weighted by Gasteiger charge is 1.97. The molecule has 6 heteroatoms. The Balaban J connectivity index is 2.28. The van der Waals surface area contributed by atoms with Crippen LogP contribution < -0.4 is 16.2 Å². The van der Waals surface area contributed by atoms with Crippen molar-refractivity contribution in [3.05, 3.63) is 22.1 Å². The van der Waals surface area contributed by atoms with Crippen molar-refractivity contribution in [3.8, 4) is 0 Å². The molecule has 72 valence electrons. The van der Waals surface area contributed by atoms with Gasteiger partial charge in [-0.25, -0.2) is 4.79 Å². The molecule has 1 rings (SSSR count). The van der Waals surface area contributed by atoms with Crippen LogP contribution in [0.4, 0.5) is 4.79 Å². The van der Waals surface area contributed by atoms with Gasteiger partial charge in [-0.3, -0.25) is 9.89 Å². The van der Waals surface area contributed by atoms with Crippen molar-refractivity contribution in [1.29, 1.82) is 0 Å². The molecule has 0 fully saturated rings. The van der Waals surface area contributed by atoms with Crippen LogP contribution >= 0.6 is 0 Å². The largest absolute Gasteiger partial charge is 0.341 e. The summed E-state index contributed by atoms with van der Waals surface area (Å²) >= 11 is 0. The average Bonchev–Trinajstić information content (AvgIpc) is 2.51. The first-order valence-corrected chi connectivity index (χ1v) is 3.94. The molecule has 0 bridgehead atoms. The van der Waals surface area contributed by atoms with Crippen LogP contribution in [0.25, 0.3) is 0 Å². The van der Waals surface area contributed by atoms with E-state index in [1.54, 1.807) is 7.05 Å². The van der Waals surface area contributed by atoms with E-state index >= 15 is 0 Å². The number of rotatable bonds is 3. The highest BCUT2D eigenvalue weighted by molar-refractivity contribution is 5.73. The predicted octanol–water partition coefficient (Wildman–Crippen LogP) is -0.826. The first kappa shape index (κ1) is 9.37. The maximum atomic E-state index is 10.7. The summed E-state index contributed by atoms with van der Waals surface area (Å²) in [5.41, 5.74) is 0.622. The molecule has 2 amide bonds. The van der Waals surface area contributed by atoms with Crippen molar-refractivity contribution in [2.75, 3.05) is 13.6 Å². The number of carbonyl (C=O) groups excluding carboxylic acids is 1. The summed E-state index contributed by atoms with van der Waals surface area (Å²) in [4.78, 5) is 21.4. The second-order valence-electron chi connectivity index (χ2n) is 2.54. The summed E-state index contributed by atoms with van der Waals surface area (Å²) in [6, 6.07) is 1.24. The topological polar surface area (TPSA) is 89.8 Å². The zero-order valence-electron chi connectivity index (χ0n) is 7.31. The number of hydrogen-bond donors (Lipinski definition) is 4. The van der Waals surface area contributed by atoms with Crippen LogP contribution in [0, 0.1) is 0 Å². The Bertz CT molecular complexity index is 327. The van der Waals surface area contributed by atoms with E-state index in [1.807, 2.05) is 0 Å². The van der Waals surface area contributed by atoms with E-state index in [9.17, 15) is 9.59 Å². The molecular formula is C7H12N4O2. The third-order valence-corrected chi connectivity index (χ3v) is 1.56. The second kappa shape index (κ2) is 4.34. The van der Waals surface area contributed by atoms with Gasteiger partial charge in [-0.2, -0.15) is 0 Å². The van der Waals surface area contributed by atoms with Gasteiger partial charge in [-0.1, -0.05) is 0 Å². The molecular weight excluding hydrogens is 172 g/mol. The number of urea groups is 1. The van der Waals surface area contributed by atoms with Crippen molar-refractivity contribution in [2.45, 2.75) is 6.42 Å². The Labute approximate surface area is 74.7 Å². The summed E-state index contributed by atoms with van der Waals surface area (Å²) in [5.74, 6) is 0. The molecule has 0 radical (unpaired) electrons. The molecule has 0 saturated carbocycles. The summed E-state index contributed by atoms with van der Waals surface area (Å²) in [6.45, 7) is 0.494. The van der Waals surface area contributed by atoms with Crippen LogP contribution in [-0.2, 0) is 6.42 Å². The van der Waals surface area contributed by atoms with Gasteiger partial charge in [0.2, 0.25) is 0 Å². The Kier molecular flexibility index (Phi) is 3.13. The van der Waals surface area contributed by atoms with E-state index in [2.05, 4.69) is 20.8 Å². The van der Waals surface area contributed by atoms with E-state index < -0.39 is 0 Å². The number of nitrogens with one attached hydrogen (secondary N) is 4. The van der Waals surface area contributed by atoms with E-state index in [1.165, 1.54) is 6.07 Å². The van der Waals surface area contributed by atoms with Gasteiger partial charge in [0.05, 0.1) is 0 Å². The lowest BCUT2D eigenvalue weighted by Gasteiger charge is -2.01. The van der Waals surface area contributed by atoms with Crippen molar-refractivity contribution in [3.63, 3.8) is 0 Å². The van der Waals surface area contributed by atoms with Gasteiger partial charge in [0.25, 0.3) is 5.56 Å². The minimum atomic E-state index is -0.224. The molecule has 13 heavy (non-hydrogen) atoms. The van der Waals surface area contributed by atoms with Gasteiger partial charge in [-0.05, 0) is 0 Å². The number of amides is 2. The third-order valence-electron chi connectivity index (χ3n) is 1.56. The van der Waals surface area contributed by atoms with Crippen LogP contribution in [0.3, 0.4) is 0 Å². The molecule has 1 heterocycles. The summed E-state index contributed by atoms with van der Waals surface area (Å²) in [7, 11) is 1.55. The summed E-state index contributed by atoms with van der Waals surface area (Å²) in [5, 5.41) is 10.1. The molecule has 0 aromatic carbocycles. The standard InChI is InChI=1S/C7H12N4O2/c1-8-7(13)9-3-2-5-4-6(12)11-10-5/h4H,2-3H2,1H3,(H2,8,9,13)(H2,10,11,12). The first-order chi connectivity index (χ1) is 6.22. The average molecular weight is 184 g/mol. The summed E-state index contributed by atoms with van der Waals surface area (Å²) in [6.07, 6.45) is 0.603. The maximum Gasteiger partial charge on any atom is 0.314 e. The Morgan fingerprint density at radius 3 is 2.85 bits per heavy atom. The fourth-order valence-corrected chi connectivity index (χ4v) is 0.906. The SMILES string of the molecule is CNC(=O)NCCc1cc(=O)[nH][nH]1. The Morgan fingerprint density at radius 1 is 1.54 bits per heavy atom. The number of hydrogen-bond acceptors (Lipinski definition) is 2. The van der Waals surface area contributed by atoms with E-state index in [-0.39, 0.29) is 11.6 Å². The lowest BCUT2D eigenvalue weighted by atomic mass is 10.3. The highest BCUT2D eigenvalue weighted by atomic mass is 16.2. The molecule has 6 nitrogen and oxygen atoms in total. The molecule has 0 unspecified atom stereocenters. The van der Waals surface area contributed by atoms with E-state index in [4.69, 9.17) is 0 Å². The Hall–Kier alpha value is -1.72. The molecule has 0 saturated heterocycles. The lowest BCUT2D eigenvalue weighted by Crippen LogP contribution is -2.34. The second-order valence-corrected chi connectivity index (χ2v) is 2.54. The fraction of sp³-hybridized carbons (Fsp3) is 0.429. The normalized spacial score (nSPS) is 9.62. The minimum Gasteiger partial charge on any atom is -0.341 e. The summed E-state index contributed by atoms with van der Waals surface area (Å²) < 4.78 is 0. The Morgan fingerprint density at radius 2 is 2.31 bits per heavy atom. The van der Waals surface area contributed by atoms with Crippen LogP contribution in [-0.4, -0.2) is 29.8 Å². The zero-order valence-corrected chi connectivity index (χ0v) is 7.31. The zero-order chi connectivity index (χ0) is 9.68. The van der Waals surface area contributed by atoms with Gasteiger partial charge < -0.3 is 15.7 Å². The maximum absolute atomic E-state index is 10.7. The van der Waals surface area contributed by atoms with Gasteiger partial charge in [0, 0.05) is 31.8 Å². The van der Waals surface area contributed by atoms with Crippen LogP contribution in [0.5, 0.6) is 0 Å². The minimum absolute atomic E-state index is 0.157. The van der Waals surface area contributed by atoms with E-state index in [0.717, 1.165) is 5.69 Å².